The van der Waals surface area contributed by atoms with E-state index >= 15 is 0 Å². The Balaban J connectivity index is 1.80. The Morgan fingerprint density at radius 1 is 1.33 bits per heavy atom. The van der Waals surface area contributed by atoms with Crippen LogP contribution in [0, 0.1) is 5.92 Å². The summed E-state index contributed by atoms with van der Waals surface area (Å²) in [5.41, 5.74) is 1.35. The number of carbonyl (C=O) groups excluding carboxylic acids is 1. The molecule has 21 heavy (non-hydrogen) atoms. The third kappa shape index (κ3) is 4.67. The summed E-state index contributed by atoms with van der Waals surface area (Å²) < 4.78 is 14.1. The van der Waals surface area contributed by atoms with Crippen LogP contribution in [0.15, 0.2) is 23.3 Å². The van der Waals surface area contributed by atoms with Crippen molar-refractivity contribution < 1.29 is 9.18 Å². The fourth-order valence-electron chi connectivity index (χ4n) is 2.94. The van der Waals surface area contributed by atoms with E-state index in [0.717, 1.165) is 25.2 Å². The molecular formula is C17H27FN2O. The number of amides is 1. The second-order valence-corrected chi connectivity index (χ2v) is 6.35. The van der Waals surface area contributed by atoms with Gasteiger partial charge in [0.2, 0.25) is 5.91 Å². The smallest absolute Gasteiger partial charge is 0.250 e. The largest absolute Gasteiger partial charge is 0.351 e. The van der Waals surface area contributed by atoms with Gasteiger partial charge >= 0.3 is 0 Å². The highest BCUT2D eigenvalue weighted by Gasteiger charge is 2.25. The van der Waals surface area contributed by atoms with Gasteiger partial charge in [0.25, 0.3) is 0 Å². The van der Waals surface area contributed by atoms with Crippen molar-refractivity contribution in [3.63, 3.8) is 0 Å². The Morgan fingerprint density at radius 3 is 2.67 bits per heavy atom. The van der Waals surface area contributed by atoms with Gasteiger partial charge in [0.1, 0.15) is 6.17 Å². The lowest BCUT2D eigenvalue weighted by Crippen LogP contribution is -2.39. The highest BCUT2D eigenvalue weighted by Crippen LogP contribution is 2.26. The standard InChI is InChI=1S/C17H27FN2O/c1-13(2)14-6-7-15(16(18)12-14)17(21)19-8-11-20-9-4-3-5-10-20/h6-7,13,16H,3-5,8-12H2,1-2H3,(H,19,21). The maximum Gasteiger partial charge on any atom is 0.250 e. The normalized spacial score (nSPS) is 23.7. The van der Waals surface area contributed by atoms with E-state index in [2.05, 4.69) is 24.1 Å². The molecule has 1 unspecified atom stereocenters. The van der Waals surface area contributed by atoms with Crippen LogP contribution >= 0.6 is 0 Å². The second kappa shape index (κ2) is 7.74. The van der Waals surface area contributed by atoms with Gasteiger partial charge in [0.05, 0.1) is 5.57 Å². The predicted octanol–water partition coefficient (Wildman–Crippen LogP) is 2.84. The van der Waals surface area contributed by atoms with Gasteiger partial charge in [-0.05, 0) is 31.8 Å². The van der Waals surface area contributed by atoms with Crippen LogP contribution in [-0.4, -0.2) is 43.2 Å². The van der Waals surface area contributed by atoms with E-state index in [0.29, 0.717) is 18.9 Å². The molecule has 1 fully saturated rings. The molecule has 3 nitrogen and oxygen atoms in total. The number of rotatable bonds is 5. The number of allylic oxidation sites excluding steroid dienone is 3. The van der Waals surface area contributed by atoms with Crippen LogP contribution in [-0.2, 0) is 4.79 Å². The summed E-state index contributed by atoms with van der Waals surface area (Å²) in [7, 11) is 0. The molecule has 1 aliphatic carbocycles. The average molecular weight is 294 g/mol. The maximum atomic E-state index is 14.1. The number of nitrogens with zero attached hydrogens (tertiary/aromatic N) is 1. The Labute approximate surface area is 127 Å². The van der Waals surface area contributed by atoms with Crippen molar-refractivity contribution >= 4 is 5.91 Å². The molecule has 2 rings (SSSR count). The van der Waals surface area contributed by atoms with Crippen molar-refractivity contribution in [2.24, 2.45) is 5.92 Å². The molecule has 1 N–H and O–H groups in total. The van der Waals surface area contributed by atoms with E-state index in [-0.39, 0.29) is 11.5 Å². The number of hydrogen-bond acceptors (Lipinski definition) is 2. The lowest BCUT2D eigenvalue weighted by Gasteiger charge is -2.26. The summed E-state index contributed by atoms with van der Waals surface area (Å²) in [6.07, 6.45) is 6.54. The number of piperidine rings is 1. The number of alkyl halides is 1. The van der Waals surface area contributed by atoms with Gasteiger partial charge in [-0.2, -0.15) is 0 Å². The van der Waals surface area contributed by atoms with E-state index in [9.17, 15) is 9.18 Å². The van der Waals surface area contributed by atoms with Crippen LogP contribution in [0.4, 0.5) is 4.39 Å². The van der Waals surface area contributed by atoms with E-state index < -0.39 is 6.17 Å². The molecule has 0 aromatic rings. The van der Waals surface area contributed by atoms with Crippen molar-refractivity contribution in [2.75, 3.05) is 26.2 Å². The molecule has 0 bridgehead atoms. The molecular weight excluding hydrogens is 267 g/mol. The number of carbonyl (C=O) groups is 1. The molecule has 0 saturated carbocycles. The number of halogens is 1. The molecule has 1 saturated heterocycles. The van der Waals surface area contributed by atoms with Crippen LogP contribution in [0.2, 0.25) is 0 Å². The zero-order valence-corrected chi connectivity index (χ0v) is 13.2. The zero-order chi connectivity index (χ0) is 15.2. The molecule has 0 radical (unpaired) electrons. The summed E-state index contributed by atoms with van der Waals surface area (Å²) in [5.74, 6) is 0.0850. The van der Waals surface area contributed by atoms with Crippen LogP contribution in [0.3, 0.4) is 0 Å². The lowest BCUT2D eigenvalue weighted by atomic mass is 9.89. The Bertz CT molecular complexity index is 423. The van der Waals surface area contributed by atoms with Gasteiger partial charge in [0.15, 0.2) is 0 Å². The molecule has 118 valence electrons. The second-order valence-electron chi connectivity index (χ2n) is 6.35. The van der Waals surface area contributed by atoms with Crippen LogP contribution in [0.25, 0.3) is 0 Å². The summed E-state index contributed by atoms with van der Waals surface area (Å²) in [5, 5.41) is 2.86. The molecule has 0 aromatic carbocycles. The van der Waals surface area contributed by atoms with Crippen molar-refractivity contribution in [1.82, 2.24) is 10.2 Å². The molecule has 2 aliphatic rings. The summed E-state index contributed by atoms with van der Waals surface area (Å²) >= 11 is 0. The minimum absolute atomic E-state index is 0.251. The Morgan fingerprint density at radius 2 is 2.05 bits per heavy atom. The first-order valence-corrected chi connectivity index (χ1v) is 8.13. The van der Waals surface area contributed by atoms with E-state index in [1.165, 1.54) is 19.3 Å². The highest BCUT2D eigenvalue weighted by atomic mass is 19.1. The predicted molar refractivity (Wildman–Crippen MR) is 83.8 cm³/mol. The van der Waals surface area contributed by atoms with E-state index in [1.54, 1.807) is 6.08 Å². The maximum absolute atomic E-state index is 14.1. The number of likely N-dealkylation sites (tertiary alicyclic amines) is 1. The minimum atomic E-state index is -1.16. The Hall–Kier alpha value is -1.16. The fourth-order valence-corrected chi connectivity index (χ4v) is 2.94. The Kier molecular flexibility index (Phi) is 5.97. The first-order chi connectivity index (χ1) is 10.1. The fraction of sp³-hybridized carbons (Fsp3) is 0.706. The van der Waals surface area contributed by atoms with Crippen LogP contribution in [0.5, 0.6) is 0 Å². The number of hydrogen-bond donors (Lipinski definition) is 1. The zero-order valence-electron chi connectivity index (χ0n) is 13.2. The molecule has 0 aromatic heterocycles. The lowest BCUT2D eigenvalue weighted by molar-refractivity contribution is -0.118. The quantitative estimate of drug-likeness (QED) is 0.845. The van der Waals surface area contributed by atoms with Crippen molar-refractivity contribution in [2.45, 2.75) is 45.7 Å². The first-order valence-electron chi connectivity index (χ1n) is 8.13. The van der Waals surface area contributed by atoms with Crippen molar-refractivity contribution in [3.05, 3.63) is 23.3 Å². The number of nitrogens with one attached hydrogen (secondary N) is 1. The summed E-state index contributed by atoms with van der Waals surface area (Å²) in [6.45, 7) is 7.80. The molecule has 1 amide bonds. The highest BCUT2D eigenvalue weighted by molar-refractivity contribution is 5.95. The summed E-state index contributed by atoms with van der Waals surface area (Å²) in [4.78, 5) is 14.4. The SMILES string of the molecule is CC(C)C1=CC=C(C(=O)NCCN2CCCCC2)C(F)C1. The van der Waals surface area contributed by atoms with Gasteiger partial charge in [-0.25, -0.2) is 4.39 Å². The van der Waals surface area contributed by atoms with Gasteiger partial charge in [-0.1, -0.05) is 38.0 Å². The van der Waals surface area contributed by atoms with Crippen LogP contribution < -0.4 is 5.32 Å². The van der Waals surface area contributed by atoms with Gasteiger partial charge in [0, 0.05) is 19.5 Å². The van der Waals surface area contributed by atoms with Crippen molar-refractivity contribution in [1.29, 1.82) is 0 Å². The molecule has 1 aliphatic heterocycles. The topological polar surface area (TPSA) is 32.3 Å². The van der Waals surface area contributed by atoms with Gasteiger partial charge in [-0.3, -0.25) is 4.79 Å². The molecule has 1 heterocycles. The third-order valence-corrected chi connectivity index (χ3v) is 4.40. The van der Waals surface area contributed by atoms with Gasteiger partial charge < -0.3 is 10.2 Å². The average Bonchev–Trinajstić information content (AvgIpc) is 2.48. The molecule has 1 atom stereocenters. The molecule has 4 heteroatoms. The van der Waals surface area contributed by atoms with Crippen molar-refractivity contribution in [3.8, 4) is 0 Å². The van der Waals surface area contributed by atoms with Crippen LogP contribution in [0.1, 0.15) is 39.5 Å². The third-order valence-electron chi connectivity index (χ3n) is 4.40. The minimum Gasteiger partial charge on any atom is -0.351 e. The molecule has 0 spiro atoms. The monoisotopic (exact) mass is 294 g/mol. The summed E-state index contributed by atoms with van der Waals surface area (Å²) in [6, 6.07) is 0. The van der Waals surface area contributed by atoms with E-state index in [1.807, 2.05) is 6.08 Å². The first kappa shape index (κ1) is 16.2. The van der Waals surface area contributed by atoms with E-state index in [4.69, 9.17) is 0 Å². The van der Waals surface area contributed by atoms with Gasteiger partial charge in [-0.15, -0.1) is 0 Å².